The Balaban J connectivity index is 2.39. The molecule has 4 heteroatoms. The van der Waals surface area contributed by atoms with Crippen molar-refractivity contribution in [2.75, 3.05) is 6.26 Å². The number of oxazole rings is 1. The van der Waals surface area contributed by atoms with Gasteiger partial charge in [-0.1, -0.05) is 6.07 Å². The molecule has 0 N–H and O–H groups in total. The van der Waals surface area contributed by atoms with Gasteiger partial charge >= 0.3 is 0 Å². The Bertz CT molecular complexity index is 479. The quantitative estimate of drug-likeness (QED) is 0.742. The lowest BCUT2D eigenvalue weighted by Gasteiger charge is -1.98. The Morgan fingerprint density at radius 2 is 2.33 bits per heavy atom. The molecule has 1 aromatic heterocycles. The molecule has 75 valence electrons. The summed E-state index contributed by atoms with van der Waals surface area (Å²) in [7, 11) is 0. The highest BCUT2D eigenvalue weighted by molar-refractivity contribution is 7.98. The molecule has 0 saturated carbocycles. The van der Waals surface area contributed by atoms with Gasteiger partial charge in [0.1, 0.15) is 6.26 Å². The zero-order valence-corrected chi connectivity index (χ0v) is 8.88. The first-order valence-corrected chi connectivity index (χ1v) is 5.54. The summed E-state index contributed by atoms with van der Waals surface area (Å²) in [6, 6.07) is 7.78. The van der Waals surface area contributed by atoms with E-state index < -0.39 is 0 Å². The number of carbonyl (C=O) groups excluding carboxylic acids is 1. The fourth-order valence-corrected chi connectivity index (χ4v) is 1.67. The molecule has 1 radical (unpaired) electrons. The summed E-state index contributed by atoms with van der Waals surface area (Å²) in [5.74, 6) is 0.448. The Hall–Kier alpha value is -1.55. The third kappa shape index (κ3) is 2.10. The number of rotatable bonds is 3. The van der Waals surface area contributed by atoms with Crippen LogP contribution in [0.5, 0.6) is 0 Å². The summed E-state index contributed by atoms with van der Waals surface area (Å²) in [6.45, 7) is 0. The van der Waals surface area contributed by atoms with Crippen LogP contribution in [0.15, 0.2) is 39.8 Å². The second-order valence-electron chi connectivity index (χ2n) is 2.87. The highest BCUT2D eigenvalue weighted by Gasteiger charge is 2.06. The molecule has 1 aromatic carbocycles. The largest absolute Gasteiger partial charge is 0.444 e. The van der Waals surface area contributed by atoms with E-state index in [9.17, 15) is 4.79 Å². The van der Waals surface area contributed by atoms with E-state index in [0.29, 0.717) is 5.89 Å². The van der Waals surface area contributed by atoms with E-state index in [4.69, 9.17) is 4.42 Å². The summed E-state index contributed by atoms with van der Waals surface area (Å²) in [5, 5.41) is 0. The number of hydrogen-bond donors (Lipinski definition) is 0. The topological polar surface area (TPSA) is 43.1 Å². The van der Waals surface area contributed by atoms with Gasteiger partial charge in [-0.05, 0) is 24.5 Å². The van der Waals surface area contributed by atoms with Crippen LogP contribution in [0.1, 0.15) is 5.69 Å². The van der Waals surface area contributed by atoms with Gasteiger partial charge in [-0.25, -0.2) is 4.98 Å². The van der Waals surface area contributed by atoms with E-state index >= 15 is 0 Å². The van der Waals surface area contributed by atoms with Crippen LogP contribution in [-0.4, -0.2) is 17.5 Å². The summed E-state index contributed by atoms with van der Waals surface area (Å²) < 4.78 is 5.16. The molecular formula is C11H8NO2S. The standard InChI is InChI=1S/C11H8NO2S/c1-15-10-4-2-3-8(5-10)11-12-9(6-13)7-14-11/h2-5,7H,1H3. The lowest BCUT2D eigenvalue weighted by molar-refractivity contribution is 0.558. The molecule has 0 unspecified atom stereocenters. The molecule has 0 spiro atoms. The predicted octanol–water partition coefficient (Wildman–Crippen LogP) is 2.52. The average Bonchev–Trinajstić information content (AvgIpc) is 2.78. The number of thioether (sulfide) groups is 1. The van der Waals surface area contributed by atoms with Crippen LogP contribution in [-0.2, 0) is 4.79 Å². The van der Waals surface area contributed by atoms with Crippen LogP contribution in [0.3, 0.4) is 0 Å². The third-order valence-corrected chi connectivity index (χ3v) is 2.65. The molecule has 0 aliphatic rings. The number of aromatic nitrogens is 1. The van der Waals surface area contributed by atoms with Crippen molar-refractivity contribution < 1.29 is 9.21 Å². The van der Waals surface area contributed by atoms with Gasteiger partial charge in [-0.15, -0.1) is 11.8 Å². The summed E-state index contributed by atoms with van der Waals surface area (Å²) in [6.07, 6.45) is 4.98. The molecule has 0 aliphatic heterocycles. The number of hydrogen-bond acceptors (Lipinski definition) is 4. The normalized spacial score (nSPS) is 10.2. The molecule has 0 aliphatic carbocycles. The molecule has 0 amide bonds. The fourth-order valence-electron chi connectivity index (χ4n) is 1.21. The van der Waals surface area contributed by atoms with E-state index in [-0.39, 0.29) is 5.69 Å². The SMILES string of the molecule is CSc1cccc(-c2nc([C]=O)co2)c1. The van der Waals surface area contributed by atoms with Gasteiger partial charge in [-0.2, -0.15) is 0 Å². The molecule has 2 aromatic rings. The third-order valence-electron chi connectivity index (χ3n) is 1.93. The second kappa shape index (κ2) is 4.31. The maximum Gasteiger partial charge on any atom is 0.256 e. The van der Waals surface area contributed by atoms with Gasteiger partial charge in [-0.3, -0.25) is 4.79 Å². The lowest BCUT2D eigenvalue weighted by atomic mass is 10.2. The van der Waals surface area contributed by atoms with Crippen LogP contribution in [0.4, 0.5) is 0 Å². The predicted molar refractivity (Wildman–Crippen MR) is 58.5 cm³/mol. The second-order valence-corrected chi connectivity index (χ2v) is 3.75. The van der Waals surface area contributed by atoms with E-state index in [0.717, 1.165) is 10.5 Å². The van der Waals surface area contributed by atoms with E-state index in [2.05, 4.69) is 4.98 Å². The minimum atomic E-state index is 0.194. The Kier molecular flexibility index (Phi) is 2.87. The zero-order valence-electron chi connectivity index (χ0n) is 8.06. The van der Waals surface area contributed by atoms with Crippen LogP contribution >= 0.6 is 11.8 Å². The highest BCUT2D eigenvalue weighted by atomic mass is 32.2. The minimum Gasteiger partial charge on any atom is -0.444 e. The van der Waals surface area contributed by atoms with E-state index in [1.165, 1.54) is 6.26 Å². The van der Waals surface area contributed by atoms with Crippen LogP contribution in [0.25, 0.3) is 11.5 Å². The summed E-state index contributed by atoms with van der Waals surface area (Å²) >= 11 is 1.64. The first-order valence-electron chi connectivity index (χ1n) is 4.31. The van der Waals surface area contributed by atoms with Gasteiger partial charge in [0.05, 0.1) is 0 Å². The highest BCUT2D eigenvalue weighted by Crippen LogP contribution is 2.23. The van der Waals surface area contributed by atoms with Gasteiger partial charge in [0.25, 0.3) is 6.29 Å². The van der Waals surface area contributed by atoms with Gasteiger partial charge in [0.15, 0.2) is 5.69 Å². The van der Waals surface area contributed by atoms with E-state index in [1.807, 2.05) is 30.5 Å². The number of nitrogens with zero attached hydrogens (tertiary/aromatic N) is 1. The Morgan fingerprint density at radius 3 is 3.00 bits per heavy atom. The monoisotopic (exact) mass is 218 g/mol. The molecule has 0 atom stereocenters. The van der Waals surface area contributed by atoms with Crippen molar-refractivity contribution in [1.82, 2.24) is 4.98 Å². The van der Waals surface area contributed by atoms with Gasteiger partial charge in [0, 0.05) is 10.5 Å². The first-order chi connectivity index (χ1) is 7.33. The van der Waals surface area contributed by atoms with Crippen molar-refractivity contribution in [2.45, 2.75) is 4.90 Å². The van der Waals surface area contributed by atoms with Crippen molar-refractivity contribution in [3.63, 3.8) is 0 Å². The Morgan fingerprint density at radius 1 is 1.47 bits per heavy atom. The van der Waals surface area contributed by atoms with Crippen molar-refractivity contribution in [2.24, 2.45) is 0 Å². The molecule has 2 rings (SSSR count). The molecule has 0 fully saturated rings. The van der Waals surface area contributed by atoms with Gasteiger partial charge < -0.3 is 4.42 Å². The molecular weight excluding hydrogens is 210 g/mol. The lowest BCUT2D eigenvalue weighted by Crippen LogP contribution is -1.81. The van der Waals surface area contributed by atoms with E-state index in [1.54, 1.807) is 18.0 Å². The zero-order chi connectivity index (χ0) is 10.7. The maximum atomic E-state index is 10.3. The summed E-state index contributed by atoms with van der Waals surface area (Å²) in [4.78, 5) is 15.4. The van der Waals surface area contributed by atoms with Crippen LogP contribution in [0, 0.1) is 0 Å². The van der Waals surface area contributed by atoms with Gasteiger partial charge in [0.2, 0.25) is 5.89 Å². The molecule has 0 saturated heterocycles. The van der Waals surface area contributed by atoms with Crippen LogP contribution < -0.4 is 0 Å². The smallest absolute Gasteiger partial charge is 0.256 e. The minimum absolute atomic E-state index is 0.194. The average molecular weight is 218 g/mol. The van der Waals surface area contributed by atoms with Crippen molar-refractivity contribution in [3.05, 3.63) is 36.2 Å². The van der Waals surface area contributed by atoms with Crippen LogP contribution in [0.2, 0.25) is 0 Å². The van der Waals surface area contributed by atoms with Crippen molar-refractivity contribution in [3.8, 4) is 11.5 Å². The summed E-state index contributed by atoms with van der Waals surface area (Å²) in [5.41, 5.74) is 1.06. The molecule has 3 nitrogen and oxygen atoms in total. The maximum absolute atomic E-state index is 10.3. The fraction of sp³-hybridized carbons (Fsp3) is 0.0909. The molecule has 1 heterocycles. The Labute approximate surface area is 91.5 Å². The van der Waals surface area contributed by atoms with Crippen molar-refractivity contribution in [1.29, 1.82) is 0 Å². The first kappa shape index (κ1) is 9.98. The van der Waals surface area contributed by atoms with Crippen molar-refractivity contribution >= 4 is 18.0 Å². The number of benzene rings is 1. The molecule has 0 bridgehead atoms. The molecule has 15 heavy (non-hydrogen) atoms.